The molecule has 1 aliphatic carbocycles. The zero-order chi connectivity index (χ0) is 15.5. The fraction of sp³-hybridized carbons (Fsp3) is 0.938. The number of hydrogen-bond acceptors (Lipinski definition) is 5. The van der Waals surface area contributed by atoms with Crippen LogP contribution in [0.2, 0.25) is 0 Å². The molecule has 0 amide bonds. The lowest BCUT2D eigenvalue weighted by atomic mass is 9.90. The van der Waals surface area contributed by atoms with E-state index >= 15 is 0 Å². The first-order valence-electron chi connectivity index (χ1n) is 8.22. The van der Waals surface area contributed by atoms with E-state index in [1.807, 2.05) is 6.92 Å². The summed E-state index contributed by atoms with van der Waals surface area (Å²) < 4.78 is 10.9. The van der Waals surface area contributed by atoms with E-state index in [-0.39, 0.29) is 12.0 Å². The van der Waals surface area contributed by atoms with Gasteiger partial charge in [-0.05, 0) is 53.0 Å². The number of esters is 1. The molecule has 5 heteroatoms. The van der Waals surface area contributed by atoms with Crippen molar-refractivity contribution in [2.24, 2.45) is 5.92 Å². The molecule has 5 nitrogen and oxygen atoms in total. The van der Waals surface area contributed by atoms with Crippen LogP contribution in [-0.4, -0.2) is 61.9 Å². The number of rotatable bonds is 8. The van der Waals surface area contributed by atoms with Crippen molar-refractivity contribution in [3.8, 4) is 0 Å². The molecular formula is C16H30N2O3. The van der Waals surface area contributed by atoms with E-state index in [1.165, 1.54) is 0 Å². The molecule has 1 aliphatic heterocycles. The largest absolute Gasteiger partial charge is 0.465 e. The fourth-order valence-electron chi connectivity index (χ4n) is 3.33. The number of hydrogen-bond donors (Lipinski definition) is 1. The average Bonchev–Trinajstić information content (AvgIpc) is 3.13. The Bertz CT molecular complexity index is 351. The Labute approximate surface area is 128 Å². The second-order valence-corrected chi connectivity index (χ2v) is 6.70. The molecular weight excluding hydrogens is 268 g/mol. The molecule has 0 bridgehead atoms. The SMILES string of the molecule is CCOC(=O)C(CN(C)C1CCOC1)(NC(C)C)C1CC1. The lowest BCUT2D eigenvalue weighted by molar-refractivity contribution is -0.154. The van der Waals surface area contributed by atoms with Crippen molar-refractivity contribution < 1.29 is 14.3 Å². The van der Waals surface area contributed by atoms with Crippen molar-refractivity contribution in [1.29, 1.82) is 0 Å². The van der Waals surface area contributed by atoms with Gasteiger partial charge in [-0.25, -0.2) is 4.79 Å². The maximum absolute atomic E-state index is 12.7. The summed E-state index contributed by atoms with van der Waals surface area (Å²) >= 11 is 0. The molecule has 2 unspecified atom stereocenters. The molecule has 2 aliphatic rings. The van der Waals surface area contributed by atoms with Crippen LogP contribution in [0.15, 0.2) is 0 Å². The summed E-state index contributed by atoms with van der Waals surface area (Å²) in [7, 11) is 2.09. The fourth-order valence-corrected chi connectivity index (χ4v) is 3.33. The summed E-state index contributed by atoms with van der Waals surface area (Å²) in [6.45, 7) is 8.78. The zero-order valence-electron chi connectivity index (χ0n) is 13.9. The molecule has 1 saturated carbocycles. The summed E-state index contributed by atoms with van der Waals surface area (Å²) in [4.78, 5) is 15.0. The predicted molar refractivity (Wildman–Crippen MR) is 82.2 cm³/mol. The highest BCUT2D eigenvalue weighted by molar-refractivity contribution is 5.82. The van der Waals surface area contributed by atoms with Gasteiger partial charge in [-0.15, -0.1) is 0 Å². The third-order valence-corrected chi connectivity index (χ3v) is 4.49. The molecule has 122 valence electrons. The van der Waals surface area contributed by atoms with Crippen LogP contribution in [0.3, 0.4) is 0 Å². The van der Waals surface area contributed by atoms with Crippen molar-refractivity contribution >= 4 is 5.97 Å². The number of nitrogens with one attached hydrogen (secondary N) is 1. The third kappa shape index (κ3) is 3.96. The van der Waals surface area contributed by atoms with Crippen molar-refractivity contribution in [1.82, 2.24) is 10.2 Å². The maximum atomic E-state index is 12.7. The molecule has 0 aromatic heterocycles. The standard InChI is InChI=1S/C16H30N2O3/c1-5-21-15(19)16(13-6-7-13,17-12(2)3)11-18(4)14-8-9-20-10-14/h12-14,17H,5-11H2,1-4H3. The molecule has 1 heterocycles. The number of carbonyl (C=O) groups is 1. The molecule has 0 spiro atoms. The quantitative estimate of drug-likeness (QED) is 0.687. The second kappa shape index (κ2) is 7.07. The van der Waals surface area contributed by atoms with Gasteiger partial charge < -0.3 is 9.47 Å². The second-order valence-electron chi connectivity index (χ2n) is 6.70. The van der Waals surface area contributed by atoms with E-state index in [9.17, 15) is 4.79 Å². The maximum Gasteiger partial charge on any atom is 0.327 e. The van der Waals surface area contributed by atoms with Crippen LogP contribution in [0.1, 0.15) is 40.0 Å². The van der Waals surface area contributed by atoms with Crippen molar-refractivity contribution in [2.45, 2.75) is 57.7 Å². The summed E-state index contributed by atoms with van der Waals surface area (Å²) in [5.41, 5.74) is -0.568. The van der Waals surface area contributed by atoms with Gasteiger partial charge in [0, 0.05) is 25.2 Å². The first-order chi connectivity index (χ1) is 9.99. The van der Waals surface area contributed by atoms with Crippen LogP contribution >= 0.6 is 0 Å². The van der Waals surface area contributed by atoms with E-state index in [2.05, 4.69) is 31.1 Å². The Morgan fingerprint density at radius 3 is 2.62 bits per heavy atom. The van der Waals surface area contributed by atoms with Crippen LogP contribution in [0.5, 0.6) is 0 Å². The first-order valence-corrected chi connectivity index (χ1v) is 8.22. The molecule has 1 saturated heterocycles. The molecule has 21 heavy (non-hydrogen) atoms. The van der Waals surface area contributed by atoms with Gasteiger partial charge in [0.1, 0.15) is 5.54 Å². The van der Waals surface area contributed by atoms with Gasteiger partial charge in [0.05, 0.1) is 13.2 Å². The molecule has 0 aromatic carbocycles. The molecule has 2 rings (SSSR count). The number of ether oxygens (including phenoxy) is 2. The van der Waals surface area contributed by atoms with E-state index < -0.39 is 5.54 Å². The average molecular weight is 298 g/mol. The van der Waals surface area contributed by atoms with Gasteiger partial charge in [-0.1, -0.05) is 0 Å². The normalized spacial score (nSPS) is 25.3. The van der Waals surface area contributed by atoms with Crippen LogP contribution in [-0.2, 0) is 14.3 Å². The molecule has 2 atom stereocenters. The van der Waals surface area contributed by atoms with Crippen LogP contribution < -0.4 is 5.32 Å². The summed E-state index contributed by atoms with van der Waals surface area (Å²) in [6.07, 6.45) is 3.25. The molecule has 2 fully saturated rings. The van der Waals surface area contributed by atoms with Gasteiger partial charge in [0.25, 0.3) is 0 Å². The minimum atomic E-state index is -0.568. The lowest BCUT2D eigenvalue weighted by Gasteiger charge is -2.39. The smallest absolute Gasteiger partial charge is 0.327 e. The van der Waals surface area contributed by atoms with Crippen LogP contribution in [0.25, 0.3) is 0 Å². The summed E-state index contributed by atoms with van der Waals surface area (Å²) in [6, 6.07) is 0.662. The zero-order valence-corrected chi connectivity index (χ0v) is 13.9. The van der Waals surface area contributed by atoms with Gasteiger partial charge >= 0.3 is 5.97 Å². The summed E-state index contributed by atoms with van der Waals surface area (Å²) in [5, 5.41) is 3.54. The highest BCUT2D eigenvalue weighted by atomic mass is 16.5. The van der Waals surface area contributed by atoms with Gasteiger partial charge in [-0.2, -0.15) is 0 Å². The molecule has 0 aromatic rings. The Morgan fingerprint density at radius 2 is 2.14 bits per heavy atom. The highest BCUT2D eigenvalue weighted by Gasteiger charge is 2.53. The molecule has 1 N–H and O–H groups in total. The first kappa shape index (κ1) is 16.7. The van der Waals surface area contributed by atoms with Crippen LogP contribution in [0.4, 0.5) is 0 Å². The molecule has 0 radical (unpaired) electrons. The van der Waals surface area contributed by atoms with E-state index in [4.69, 9.17) is 9.47 Å². The minimum absolute atomic E-state index is 0.0908. The lowest BCUT2D eigenvalue weighted by Crippen LogP contribution is -2.63. The number of nitrogens with zero attached hydrogens (tertiary/aromatic N) is 1. The van der Waals surface area contributed by atoms with E-state index in [0.717, 1.165) is 32.5 Å². The van der Waals surface area contributed by atoms with E-state index in [1.54, 1.807) is 0 Å². The minimum Gasteiger partial charge on any atom is -0.465 e. The Hall–Kier alpha value is -0.650. The van der Waals surface area contributed by atoms with Gasteiger partial charge in [0.15, 0.2) is 0 Å². The van der Waals surface area contributed by atoms with Gasteiger partial charge in [-0.3, -0.25) is 10.2 Å². The Morgan fingerprint density at radius 1 is 1.43 bits per heavy atom. The topological polar surface area (TPSA) is 50.8 Å². The predicted octanol–water partition coefficient (Wildman–Crippen LogP) is 1.42. The monoisotopic (exact) mass is 298 g/mol. The Kier molecular flexibility index (Phi) is 5.63. The van der Waals surface area contributed by atoms with Crippen molar-refractivity contribution in [3.05, 3.63) is 0 Å². The third-order valence-electron chi connectivity index (χ3n) is 4.49. The van der Waals surface area contributed by atoms with Crippen LogP contribution in [0, 0.1) is 5.92 Å². The highest BCUT2D eigenvalue weighted by Crippen LogP contribution is 2.41. The van der Waals surface area contributed by atoms with Crippen molar-refractivity contribution in [3.63, 3.8) is 0 Å². The van der Waals surface area contributed by atoms with Crippen molar-refractivity contribution in [2.75, 3.05) is 33.4 Å². The Balaban J connectivity index is 2.14. The van der Waals surface area contributed by atoms with E-state index in [0.29, 0.717) is 25.1 Å². The van der Waals surface area contributed by atoms with Gasteiger partial charge in [0.2, 0.25) is 0 Å². The number of carbonyl (C=O) groups excluding carboxylic acids is 1. The number of likely N-dealkylation sites (N-methyl/N-ethyl adjacent to an activating group) is 1. The summed E-state index contributed by atoms with van der Waals surface area (Å²) in [5.74, 6) is 0.302.